The van der Waals surface area contributed by atoms with Crippen molar-refractivity contribution in [2.24, 2.45) is 0 Å². The van der Waals surface area contributed by atoms with Gasteiger partial charge in [0.05, 0.1) is 11.5 Å². The predicted molar refractivity (Wildman–Crippen MR) is 84.2 cm³/mol. The van der Waals surface area contributed by atoms with Crippen molar-refractivity contribution in [3.8, 4) is 5.75 Å². The molecule has 0 aliphatic carbocycles. The molecule has 2 aromatic carbocycles. The maximum atomic E-state index is 12.2. The number of rotatable bonds is 6. The standard InChI is InChI=1S/C15H16N2O5S/c1-2-21-15(18)13-8-3-4-9-14(13)22-17-23(19,20)12-7-5-6-11(16)10-12/h3-10,17H,2,16H2,1H3. The van der Waals surface area contributed by atoms with Crippen LogP contribution in [0.2, 0.25) is 0 Å². The number of carbonyl (C=O) groups excluding carboxylic acids is 1. The summed E-state index contributed by atoms with van der Waals surface area (Å²) in [5.74, 6) is -0.565. The summed E-state index contributed by atoms with van der Waals surface area (Å²) in [4.78, 5) is 18.8. The Morgan fingerprint density at radius 3 is 2.61 bits per heavy atom. The van der Waals surface area contributed by atoms with Crippen LogP contribution in [0.1, 0.15) is 17.3 Å². The van der Waals surface area contributed by atoms with Gasteiger partial charge < -0.3 is 15.3 Å². The van der Waals surface area contributed by atoms with E-state index in [1.54, 1.807) is 25.1 Å². The SMILES string of the molecule is CCOC(=O)c1ccccc1ONS(=O)(=O)c1cccc(N)c1. The highest BCUT2D eigenvalue weighted by atomic mass is 32.2. The highest BCUT2D eigenvalue weighted by Gasteiger charge is 2.18. The van der Waals surface area contributed by atoms with Gasteiger partial charge >= 0.3 is 5.97 Å². The number of para-hydroxylation sites is 1. The van der Waals surface area contributed by atoms with Gasteiger partial charge in [-0.2, -0.15) is 0 Å². The molecule has 122 valence electrons. The average Bonchev–Trinajstić information content (AvgIpc) is 2.53. The predicted octanol–water partition coefficient (Wildman–Crippen LogP) is 1.72. The van der Waals surface area contributed by atoms with Gasteiger partial charge in [-0.1, -0.05) is 18.2 Å². The molecule has 0 amide bonds. The Balaban J connectivity index is 2.19. The Bertz CT molecular complexity index is 805. The summed E-state index contributed by atoms with van der Waals surface area (Å²) < 4.78 is 29.2. The first-order chi connectivity index (χ1) is 10.9. The number of esters is 1. The molecule has 0 heterocycles. The molecule has 0 bridgehead atoms. The summed E-state index contributed by atoms with van der Waals surface area (Å²) in [7, 11) is -3.94. The Morgan fingerprint density at radius 1 is 1.17 bits per heavy atom. The van der Waals surface area contributed by atoms with Crippen LogP contribution < -0.4 is 15.5 Å². The quantitative estimate of drug-likeness (QED) is 0.472. The van der Waals surface area contributed by atoms with Crippen molar-refractivity contribution in [1.29, 1.82) is 0 Å². The molecule has 0 aromatic heterocycles. The van der Waals surface area contributed by atoms with E-state index < -0.39 is 16.0 Å². The molecule has 23 heavy (non-hydrogen) atoms. The highest BCUT2D eigenvalue weighted by Crippen LogP contribution is 2.19. The van der Waals surface area contributed by atoms with Gasteiger partial charge in [-0.25, -0.2) is 13.2 Å². The molecule has 0 fully saturated rings. The lowest BCUT2D eigenvalue weighted by molar-refractivity contribution is 0.0520. The Morgan fingerprint density at radius 2 is 1.91 bits per heavy atom. The molecule has 3 N–H and O–H groups in total. The van der Waals surface area contributed by atoms with Crippen LogP contribution in [0.15, 0.2) is 53.4 Å². The highest BCUT2D eigenvalue weighted by molar-refractivity contribution is 7.89. The molecule has 2 aromatic rings. The van der Waals surface area contributed by atoms with Crippen molar-refractivity contribution < 1.29 is 22.8 Å². The van der Waals surface area contributed by atoms with E-state index in [4.69, 9.17) is 15.3 Å². The average molecular weight is 336 g/mol. The number of sulfonamides is 1. The number of carbonyl (C=O) groups is 1. The van der Waals surface area contributed by atoms with Gasteiger partial charge in [0.2, 0.25) is 0 Å². The van der Waals surface area contributed by atoms with Crippen molar-refractivity contribution in [3.05, 3.63) is 54.1 Å². The van der Waals surface area contributed by atoms with Crippen molar-refractivity contribution in [2.75, 3.05) is 12.3 Å². The van der Waals surface area contributed by atoms with Gasteiger partial charge in [0.1, 0.15) is 5.56 Å². The molecule has 0 aliphatic rings. The molecule has 0 saturated carbocycles. The minimum atomic E-state index is -3.94. The van der Waals surface area contributed by atoms with Gasteiger partial charge in [-0.3, -0.25) is 0 Å². The minimum Gasteiger partial charge on any atom is -0.462 e. The van der Waals surface area contributed by atoms with Crippen LogP contribution in [0.4, 0.5) is 5.69 Å². The number of nitrogens with two attached hydrogens (primary N) is 1. The maximum absolute atomic E-state index is 12.2. The van der Waals surface area contributed by atoms with E-state index in [1.165, 1.54) is 30.3 Å². The first kappa shape index (κ1) is 16.8. The van der Waals surface area contributed by atoms with Crippen LogP contribution >= 0.6 is 0 Å². The second kappa shape index (κ2) is 7.12. The third-order valence-corrected chi connectivity index (χ3v) is 3.99. The first-order valence-electron chi connectivity index (χ1n) is 6.74. The maximum Gasteiger partial charge on any atom is 0.342 e. The van der Waals surface area contributed by atoms with Crippen LogP contribution in [0.5, 0.6) is 5.75 Å². The molecule has 7 nitrogen and oxygen atoms in total. The van der Waals surface area contributed by atoms with E-state index >= 15 is 0 Å². The van der Waals surface area contributed by atoms with Gasteiger partial charge in [0.15, 0.2) is 5.75 Å². The van der Waals surface area contributed by atoms with Crippen LogP contribution in [0, 0.1) is 0 Å². The van der Waals surface area contributed by atoms with Crippen LogP contribution in [-0.4, -0.2) is 21.0 Å². The van der Waals surface area contributed by atoms with Crippen molar-refractivity contribution in [1.82, 2.24) is 4.89 Å². The van der Waals surface area contributed by atoms with E-state index in [0.29, 0.717) is 5.69 Å². The molecular weight excluding hydrogens is 320 g/mol. The smallest absolute Gasteiger partial charge is 0.342 e. The summed E-state index contributed by atoms with van der Waals surface area (Å²) in [6, 6.07) is 11.9. The van der Waals surface area contributed by atoms with Gasteiger partial charge in [-0.05, 0) is 42.1 Å². The minimum absolute atomic E-state index is 0.0402. The molecule has 0 saturated heterocycles. The second-order valence-corrected chi connectivity index (χ2v) is 6.12. The van der Waals surface area contributed by atoms with Crippen molar-refractivity contribution in [2.45, 2.75) is 11.8 Å². The Kier molecular flexibility index (Phi) is 5.20. The molecule has 0 unspecified atom stereocenters. The topological polar surface area (TPSA) is 108 Å². The zero-order valence-corrected chi connectivity index (χ0v) is 13.2. The lowest BCUT2D eigenvalue weighted by atomic mass is 10.2. The van der Waals surface area contributed by atoms with Crippen LogP contribution in [0.3, 0.4) is 0 Å². The molecule has 0 radical (unpaired) electrons. The van der Waals surface area contributed by atoms with Gasteiger partial charge in [-0.15, -0.1) is 0 Å². The van der Waals surface area contributed by atoms with E-state index in [9.17, 15) is 13.2 Å². The zero-order valence-electron chi connectivity index (χ0n) is 12.4. The normalized spacial score (nSPS) is 11.0. The molecule has 0 atom stereocenters. The fourth-order valence-electron chi connectivity index (χ4n) is 1.76. The largest absolute Gasteiger partial charge is 0.462 e. The number of nitrogen functional groups attached to an aromatic ring is 1. The third kappa shape index (κ3) is 4.21. The second-order valence-electron chi connectivity index (χ2n) is 4.48. The molecular formula is C15H16N2O5S. The molecule has 2 rings (SSSR count). The number of hydrogen-bond acceptors (Lipinski definition) is 6. The van der Waals surface area contributed by atoms with E-state index in [1.807, 2.05) is 4.89 Å². The Labute approximate surface area is 134 Å². The zero-order chi connectivity index (χ0) is 16.9. The summed E-state index contributed by atoms with van der Waals surface area (Å²) in [5, 5.41) is 0. The lowest BCUT2D eigenvalue weighted by Gasteiger charge is -2.11. The fraction of sp³-hybridized carbons (Fsp3) is 0.133. The summed E-state index contributed by atoms with van der Waals surface area (Å²) in [5.41, 5.74) is 5.99. The number of ether oxygens (including phenoxy) is 1. The van der Waals surface area contributed by atoms with E-state index in [2.05, 4.69) is 0 Å². The Hall–Kier alpha value is -2.58. The fourth-order valence-corrected chi connectivity index (χ4v) is 2.61. The monoisotopic (exact) mass is 336 g/mol. The summed E-state index contributed by atoms with van der Waals surface area (Å²) in [6.45, 7) is 1.87. The van der Waals surface area contributed by atoms with Gasteiger partial charge in [0, 0.05) is 5.69 Å². The first-order valence-corrected chi connectivity index (χ1v) is 8.22. The number of nitrogens with one attached hydrogen (secondary N) is 1. The van der Waals surface area contributed by atoms with Crippen LogP contribution in [0.25, 0.3) is 0 Å². The van der Waals surface area contributed by atoms with E-state index in [-0.39, 0.29) is 22.8 Å². The number of anilines is 1. The number of benzene rings is 2. The third-order valence-electron chi connectivity index (χ3n) is 2.81. The lowest BCUT2D eigenvalue weighted by Crippen LogP contribution is -2.28. The van der Waals surface area contributed by atoms with Crippen molar-refractivity contribution in [3.63, 3.8) is 0 Å². The van der Waals surface area contributed by atoms with Crippen LogP contribution in [-0.2, 0) is 14.8 Å². The van der Waals surface area contributed by atoms with E-state index in [0.717, 1.165) is 0 Å². The molecule has 0 aliphatic heterocycles. The molecule has 0 spiro atoms. The molecule has 8 heteroatoms. The summed E-state index contributed by atoms with van der Waals surface area (Å²) in [6.07, 6.45) is 0. The van der Waals surface area contributed by atoms with Gasteiger partial charge in [0.25, 0.3) is 10.0 Å². The van der Waals surface area contributed by atoms with Crippen molar-refractivity contribution >= 4 is 21.7 Å². The number of hydrogen-bond donors (Lipinski definition) is 2. The summed E-state index contributed by atoms with van der Waals surface area (Å²) >= 11 is 0.